The summed E-state index contributed by atoms with van der Waals surface area (Å²) in [5.74, 6) is 0.667. The van der Waals surface area contributed by atoms with Crippen LogP contribution < -0.4 is 5.73 Å². The fraction of sp³-hybridized carbons (Fsp3) is 0.727. The Morgan fingerprint density at radius 2 is 2.40 bits per heavy atom. The summed E-state index contributed by atoms with van der Waals surface area (Å²) in [7, 11) is 0. The average molecular weight is 225 g/mol. The van der Waals surface area contributed by atoms with E-state index < -0.39 is 0 Å². The van der Waals surface area contributed by atoms with Gasteiger partial charge in [-0.15, -0.1) is 11.3 Å². The molecular weight excluding hydrogens is 206 g/mol. The van der Waals surface area contributed by atoms with Gasteiger partial charge in [-0.05, 0) is 32.7 Å². The average Bonchev–Trinajstić information content (AvgIpc) is 2.88. The van der Waals surface area contributed by atoms with Crippen LogP contribution in [0.4, 0.5) is 0 Å². The van der Waals surface area contributed by atoms with E-state index in [1.165, 1.54) is 17.8 Å². The molecule has 1 aliphatic rings. The van der Waals surface area contributed by atoms with Crippen LogP contribution in [0.3, 0.4) is 0 Å². The van der Waals surface area contributed by atoms with Crippen LogP contribution in [0.15, 0.2) is 11.7 Å². The molecule has 3 nitrogen and oxygen atoms in total. The highest BCUT2D eigenvalue weighted by atomic mass is 32.1. The Labute approximate surface area is 95.3 Å². The van der Waals surface area contributed by atoms with Crippen LogP contribution in [0.25, 0.3) is 0 Å². The standard InChI is InChI=1S/C11H19N3S/c1-8(12)10-3-4-14(6-10)9(2)11-5-13-7-15-11/h5,7-10H,3-4,6,12H2,1-2H3. The molecule has 1 aliphatic heterocycles. The third kappa shape index (κ3) is 2.38. The van der Waals surface area contributed by atoms with E-state index in [0.717, 1.165) is 6.54 Å². The summed E-state index contributed by atoms with van der Waals surface area (Å²) < 4.78 is 0. The largest absolute Gasteiger partial charge is 0.328 e. The first-order chi connectivity index (χ1) is 7.18. The van der Waals surface area contributed by atoms with E-state index in [1.807, 2.05) is 11.7 Å². The van der Waals surface area contributed by atoms with Gasteiger partial charge in [0.05, 0.1) is 5.51 Å². The molecule has 0 aromatic carbocycles. The van der Waals surface area contributed by atoms with Crippen molar-refractivity contribution < 1.29 is 0 Å². The van der Waals surface area contributed by atoms with E-state index in [1.54, 1.807) is 11.3 Å². The monoisotopic (exact) mass is 225 g/mol. The number of likely N-dealkylation sites (tertiary alicyclic amines) is 1. The molecule has 4 heteroatoms. The van der Waals surface area contributed by atoms with Gasteiger partial charge in [-0.25, -0.2) is 0 Å². The van der Waals surface area contributed by atoms with Crippen LogP contribution in [0.1, 0.15) is 31.2 Å². The van der Waals surface area contributed by atoms with Gasteiger partial charge >= 0.3 is 0 Å². The molecule has 0 aliphatic carbocycles. The number of hydrogen-bond acceptors (Lipinski definition) is 4. The van der Waals surface area contributed by atoms with Gasteiger partial charge in [-0.3, -0.25) is 9.88 Å². The molecule has 15 heavy (non-hydrogen) atoms. The zero-order valence-electron chi connectivity index (χ0n) is 9.39. The predicted molar refractivity (Wildman–Crippen MR) is 63.9 cm³/mol. The molecule has 2 N–H and O–H groups in total. The zero-order chi connectivity index (χ0) is 10.8. The summed E-state index contributed by atoms with van der Waals surface area (Å²) in [6.07, 6.45) is 3.22. The van der Waals surface area contributed by atoms with Gasteiger partial charge in [0.25, 0.3) is 0 Å². The normalized spacial score (nSPS) is 26.7. The van der Waals surface area contributed by atoms with Gasteiger partial charge in [0, 0.05) is 29.7 Å². The van der Waals surface area contributed by atoms with Crippen LogP contribution in [0.5, 0.6) is 0 Å². The van der Waals surface area contributed by atoms with E-state index in [9.17, 15) is 0 Å². The van der Waals surface area contributed by atoms with E-state index in [0.29, 0.717) is 18.0 Å². The number of aromatic nitrogens is 1. The van der Waals surface area contributed by atoms with Gasteiger partial charge in [0.1, 0.15) is 0 Å². The minimum Gasteiger partial charge on any atom is -0.328 e. The molecule has 0 radical (unpaired) electrons. The molecule has 2 heterocycles. The van der Waals surface area contributed by atoms with Crippen LogP contribution in [-0.2, 0) is 0 Å². The smallest absolute Gasteiger partial charge is 0.0794 e. The zero-order valence-corrected chi connectivity index (χ0v) is 10.2. The lowest BCUT2D eigenvalue weighted by Crippen LogP contribution is -2.30. The van der Waals surface area contributed by atoms with E-state index in [2.05, 4.69) is 23.7 Å². The number of nitrogens with two attached hydrogens (primary N) is 1. The molecule has 3 unspecified atom stereocenters. The molecule has 1 fully saturated rings. The van der Waals surface area contributed by atoms with Crippen LogP contribution in [0, 0.1) is 5.92 Å². The molecule has 0 saturated carbocycles. The van der Waals surface area contributed by atoms with Crippen molar-refractivity contribution in [2.45, 2.75) is 32.4 Å². The molecule has 1 aromatic heterocycles. The number of hydrogen-bond donors (Lipinski definition) is 1. The Balaban J connectivity index is 1.96. The summed E-state index contributed by atoms with van der Waals surface area (Å²) >= 11 is 1.74. The summed E-state index contributed by atoms with van der Waals surface area (Å²) in [5, 5.41) is 0. The third-order valence-corrected chi connectivity index (χ3v) is 4.36. The quantitative estimate of drug-likeness (QED) is 0.854. The van der Waals surface area contributed by atoms with Gasteiger partial charge in [0.15, 0.2) is 0 Å². The van der Waals surface area contributed by atoms with Crippen LogP contribution in [0.2, 0.25) is 0 Å². The Morgan fingerprint density at radius 3 is 2.93 bits per heavy atom. The Bertz CT molecular complexity index is 297. The lowest BCUT2D eigenvalue weighted by molar-refractivity contribution is 0.251. The van der Waals surface area contributed by atoms with Gasteiger partial charge < -0.3 is 5.73 Å². The van der Waals surface area contributed by atoms with Crippen molar-refractivity contribution >= 4 is 11.3 Å². The van der Waals surface area contributed by atoms with Gasteiger partial charge in [-0.1, -0.05) is 0 Å². The fourth-order valence-corrected chi connectivity index (χ4v) is 2.92. The summed E-state index contributed by atoms with van der Waals surface area (Å²) in [6.45, 7) is 6.69. The summed E-state index contributed by atoms with van der Waals surface area (Å²) in [6, 6.07) is 0.824. The van der Waals surface area contributed by atoms with Gasteiger partial charge in [0.2, 0.25) is 0 Å². The summed E-state index contributed by atoms with van der Waals surface area (Å²) in [4.78, 5) is 8.01. The molecule has 0 spiro atoms. The molecule has 0 amide bonds. The lowest BCUT2D eigenvalue weighted by Gasteiger charge is -2.23. The van der Waals surface area contributed by atoms with Crippen molar-refractivity contribution in [1.29, 1.82) is 0 Å². The van der Waals surface area contributed by atoms with E-state index in [4.69, 9.17) is 5.73 Å². The number of thiazole rings is 1. The molecular formula is C11H19N3S. The Morgan fingerprint density at radius 1 is 1.60 bits per heavy atom. The highest BCUT2D eigenvalue weighted by Gasteiger charge is 2.29. The molecule has 1 saturated heterocycles. The maximum absolute atomic E-state index is 5.94. The predicted octanol–water partition coefficient (Wildman–Crippen LogP) is 1.87. The number of rotatable bonds is 3. The summed E-state index contributed by atoms with van der Waals surface area (Å²) in [5.41, 5.74) is 7.85. The van der Waals surface area contributed by atoms with E-state index >= 15 is 0 Å². The van der Waals surface area contributed by atoms with Crippen molar-refractivity contribution in [2.75, 3.05) is 13.1 Å². The van der Waals surface area contributed by atoms with Crippen molar-refractivity contribution in [3.05, 3.63) is 16.6 Å². The highest BCUT2D eigenvalue weighted by Crippen LogP contribution is 2.29. The molecule has 0 bridgehead atoms. The SMILES string of the molecule is CC(N)C1CCN(C(C)c2cncs2)C1. The maximum Gasteiger partial charge on any atom is 0.0794 e. The second-order valence-electron chi connectivity index (χ2n) is 4.48. The number of nitrogens with zero attached hydrogens (tertiary/aromatic N) is 2. The highest BCUT2D eigenvalue weighted by molar-refractivity contribution is 7.09. The Hall–Kier alpha value is -0.450. The Kier molecular flexibility index (Phi) is 3.38. The lowest BCUT2D eigenvalue weighted by atomic mass is 10.0. The molecule has 1 aromatic rings. The van der Waals surface area contributed by atoms with Crippen LogP contribution in [-0.4, -0.2) is 29.0 Å². The molecule has 84 valence electrons. The fourth-order valence-electron chi connectivity index (χ4n) is 2.21. The van der Waals surface area contributed by atoms with Crippen LogP contribution >= 0.6 is 11.3 Å². The first-order valence-electron chi connectivity index (χ1n) is 5.56. The van der Waals surface area contributed by atoms with Crippen molar-refractivity contribution in [3.63, 3.8) is 0 Å². The van der Waals surface area contributed by atoms with Crippen molar-refractivity contribution in [3.8, 4) is 0 Å². The topological polar surface area (TPSA) is 42.1 Å². The molecule has 3 atom stereocenters. The minimum absolute atomic E-state index is 0.323. The first kappa shape index (κ1) is 11.0. The molecule has 2 rings (SSSR count). The van der Waals surface area contributed by atoms with E-state index in [-0.39, 0.29) is 0 Å². The third-order valence-electron chi connectivity index (χ3n) is 3.41. The first-order valence-corrected chi connectivity index (χ1v) is 6.44. The van der Waals surface area contributed by atoms with Crippen molar-refractivity contribution in [1.82, 2.24) is 9.88 Å². The second kappa shape index (κ2) is 4.60. The maximum atomic E-state index is 5.94. The second-order valence-corrected chi connectivity index (χ2v) is 5.40. The van der Waals surface area contributed by atoms with Gasteiger partial charge in [-0.2, -0.15) is 0 Å². The van der Waals surface area contributed by atoms with Crippen molar-refractivity contribution in [2.24, 2.45) is 11.7 Å². The minimum atomic E-state index is 0.323.